The molecule has 0 saturated carbocycles. The summed E-state index contributed by atoms with van der Waals surface area (Å²) in [6.45, 7) is 0. The van der Waals surface area contributed by atoms with Gasteiger partial charge in [-0.05, 0) is 66.5 Å². The van der Waals surface area contributed by atoms with E-state index >= 15 is 0 Å². The molecular weight excluding hydrogens is 346 g/mol. The van der Waals surface area contributed by atoms with Gasteiger partial charge < -0.3 is 5.73 Å². The maximum absolute atomic E-state index is 6.46. The molecule has 1 aliphatic carbocycles. The highest BCUT2D eigenvalue weighted by molar-refractivity contribution is 9.10. The minimum absolute atomic E-state index is 0.00855. The normalized spacial score (nSPS) is 19.1. The van der Waals surface area contributed by atoms with Crippen LogP contribution in [0.5, 0.6) is 0 Å². The minimum atomic E-state index is 0.00855. The Balaban J connectivity index is 1.82. The first-order chi connectivity index (χ1) is 10.1. The molecule has 1 aliphatic rings. The molecule has 2 unspecified atom stereocenters. The fourth-order valence-electron chi connectivity index (χ4n) is 3.33. The van der Waals surface area contributed by atoms with Crippen molar-refractivity contribution in [3.8, 4) is 0 Å². The number of nitrogens with two attached hydrogens (primary N) is 1. The minimum Gasteiger partial charge on any atom is -0.324 e. The summed E-state index contributed by atoms with van der Waals surface area (Å²) in [5.74, 6) is 0.552. The van der Waals surface area contributed by atoms with Crippen LogP contribution in [0.15, 0.2) is 46.9 Å². The van der Waals surface area contributed by atoms with Gasteiger partial charge in [0.15, 0.2) is 0 Å². The van der Waals surface area contributed by atoms with Crippen molar-refractivity contribution in [2.45, 2.75) is 37.6 Å². The molecule has 21 heavy (non-hydrogen) atoms. The zero-order chi connectivity index (χ0) is 14.8. The molecule has 3 heteroatoms. The third kappa shape index (κ3) is 3.33. The molecule has 3 rings (SSSR count). The highest BCUT2D eigenvalue weighted by Crippen LogP contribution is 2.38. The lowest BCUT2D eigenvalue weighted by Gasteiger charge is -2.28. The molecular formula is C18H19BrClN. The Bertz CT molecular complexity index is 641. The van der Waals surface area contributed by atoms with Crippen molar-refractivity contribution in [2.24, 2.45) is 5.73 Å². The number of hydrogen-bond donors (Lipinski definition) is 1. The Kier molecular flexibility index (Phi) is 4.68. The summed E-state index contributed by atoms with van der Waals surface area (Å²) in [7, 11) is 0. The van der Waals surface area contributed by atoms with Crippen LogP contribution >= 0.6 is 27.5 Å². The van der Waals surface area contributed by atoms with Crippen LogP contribution in [0.1, 0.15) is 47.9 Å². The Hall–Kier alpha value is -0.830. The lowest BCUT2D eigenvalue weighted by molar-refractivity contribution is 0.475. The Morgan fingerprint density at radius 2 is 2.05 bits per heavy atom. The van der Waals surface area contributed by atoms with Gasteiger partial charge in [0, 0.05) is 15.5 Å². The number of aryl methyl sites for hydroxylation is 1. The lowest BCUT2D eigenvalue weighted by Crippen LogP contribution is -2.18. The molecule has 0 fully saturated rings. The third-order valence-corrected chi connectivity index (χ3v) is 5.35. The quantitative estimate of drug-likeness (QED) is 0.752. The summed E-state index contributed by atoms with van der Waals surface area (Å²) in [4.78, 5) is 0. The molecule has 0 bridgehead atoms. The van der Waals surface area contributed by atoms with Gasteiger partial charge in [0.25, 0.3) is 0 Å². The lowest BCUT2D eigenvalue weighted by atomic mass is 9.79. The summed E-state index contributed by atoms with van der Waals surface area (Å²) in [5, 5.41) is 0.743. The molecule has 110 valence electrons. The van der Waals surface area contributed by atoms with Crippen molar-refractivity contribution < 1.29 is 0 Å². The summed E-state index contributed by atoms with van der Waals surface area (Å²) < 4.78 is 1.04. The monoisotopic (exact) mass is 363 g/mol. The van der Waals surface area contributed by atoms with Gasteiger partial charge in [-0.3, -0.25) is 0 Å². The van der Waals surface area contributed by atoms with E-state index in [1.54, 1.807) is 0 Å². The van der Waals surface area contributed by atoms with Gasteiger partial charge in [-0.15, -0.1) is 0 Å². The van der Waals surface area contributed by atoms with E-state index < -0.39 is 0 Å². The number of hydrogen-bond acceptors (Lipinski definition) is 1. The predicted octanol–water partition coefficient (Wildman–Crippen LogP) is 5.61. The summed E-state index contributed by atoms with van der Waals surface area (Å²) in [6, 6.07) is 14.6. The standard InChI is InChI=1S/C18H19BrClN/c19-17-9-8-14(20)11-16(17)18(21)10-13-6-3-5-12-4-1-2-7-15(12)13/h1-2,4,7-9,11,13,18H,3,5-6,10,21H2. The number of benzene rings is 2. The maximum atomic E-state index is 6.46. The molecule has 2 N–H and O–H groups in total. The van der Waals surface area contributed by atoms with Crippen LogP contribution in [-0.2, 0) is 6.42 Å². The van der Waals surface area contributed by atoms with Crippen molar-refractivity contribution in [1.29, 1.82) is 0 Å². The van der Waals surface area contributed by atoms with Gasteiger partial charge in [-0.25, -0.2) is 0 Å². The van der Waals surface area contributed by atoms with E-state index in [0.29, 0.717) is 5.92 Å². The molecule has 0 saturated heterocycles. The molecule has 0 aromatic heterocycles. The molecule has 0 amide bonds. The van der Waals surface area contributed by atoms with Crippen molar-refractivity contribution in [3.05, 3.63) is 68.7 Å². The smallest absolute Gasteiger partial charge is 0.0410 e. The van der Waals surface area contributed by atoms with Gasteiger partial charge in [-0.2, -0.15) is 0 Å². The zero-order valence-corrected chi connectivity index (χ0v) is 14.2. The Morgan fingerprint density at radius 1 is 1.24 bits per heavy atom. The highest BCUT2D eigenvalue weighted by atomic mass is 79.9. The first-order valence-electron chi connectivity index (χ1n) is 7.43. The van der Waals surface area contributed by atoms with E-state index in [1.807, 2.05) is 18.2 Å². The topological polar surface area (TPSA) is 26.0 Å². The van der Waals surface area contributed by atoms with Crippen molar-refractivity contribution in [3.63, 3.8) is 0 Å². The van der Waals surface area contributed by atoms with Crippen LogP contribution in [-0.4, -0.2) is 0 Å². The van der Waals surface area contributed by atoms with E-state index in [4.69, 9.17) is 17.3 Å². The van der Waals surface area contributed by atoms with Crippen molar-refractivity contribution in [1.82, 2.24) is 0 Å². The summed E-state index contributed by atoms with van der Waals surface area (Å²) in [5.41, 5.74) is 10.5. The average molecular weight is 365 g/mol. The van der Waals surface area contributed by atoms with Gasteiger partial charge in [0.2, 0.25) is 0 Å². The Labute approximate surface area is 139 Å². The van der Waals surface area contributed by atoms with Crippen LogP contribution in [0.4, 0.5) is 0 Å². The Morgan fingerprint density at radius 3 is 2.90 bits per heavy atom. The first-order valence-corrected chi connectivity index (χ1v) is 8.60. The number of rotatable bonds is 3. The van der Waals surface area contributed by atoms with Crippen LogP contribution in [0.2, 0.25) is 5.02 Å². The molecule has 0 radical (unpaired) electrons. The van der Waals surface area contributed by atoms with Crippen LogP contribution < -0.4 is 5.73 Å². The molecule has 2 aromatic rings. The summed E-state index contributed by atoms with van der Waals surface area (Å²) in [6.07, 6.45) is 4.65. The molecule has 1 nitrogen and oxygen atoms in total. The third-order valence-electron chi connectivity index (χ3n) is 4.39. The summed E-state index contributed by atoms with van der Waals surface area (Å²) >= 11 is 9.70. The van der Waals surface area contributed by atoms with E-state index in [2.05, 4.69) is 40.2 Å². The van der Waals surface area contributed by atoms with E-state index in [0.717, 1.165) is 21.5 Å². The molecule has 0 spiro atoms. The van der Waals surface area contributed by atoms with E-state index in [1.165, 1.54) is 30.4 Å². The fourth-order valence-corrected chi connectivity index (χ4v) is 4.05. The molecule has 0 aliphatic heterocycles. The highest BCUT2D eigenvalue weighted by Gasteiger charge is 2.23. The first kappa shape index (κ1) is 15.1. The zero-order valence-electron chi connectivity index (χ0n) is 11.9. The molecule has 2 atom stereocenters. The van der Waals surface area contributed by atoms with Gasteiger partial charge in [-0.1, -0.05) is 51.8 Å². The second kappa shape index (κ2) is 6.51. The predicted molar refractivity (Wildman–Crippen MR) is 92.8 cm³/mol. The van der Waals surface area contributed by atoms with Crippen LogP contribution in [0.3, 0.4) is 0 Å². The van der Waals surface area contributed by atoms with E-state index in [-0.39, 0.29) is 6.04 Å². The second-order valence-electron chi connectivity index (χ2n) is 5.80. The molecule has 0 heterocycles. The van der Waals surface area contributed by atoms with Crippen LogP contribution in [0.25, 0.3) is 0 Å². The number of halogens is 2. The van der Waals surface area contributed by atoms with Gasteiger partial charge in [0.1, 0.15) is 0 Å². The maximum Gasteiger partial charge on any atom is 0.0410 e. The van der Waals surface area contributed by atoms with Crippen LogP contribution in [0, 0.1) is 0 Å². The fraction of sp³-hybridized carbons (Fsp3) is 0.333. The largest absolute Gasteiger partial charge is 0.324 e. The average Bonchev–Trinajstić information content (AvgIpc) is 2.50. The van der Waals surface area contributed by atoms with Gasteiger partial charge >= 0.3 is 0 Å². The van der Waals surface area contributed by atoms with Gasteiger partial charge in [0.05, 0.1) is 0 Å². The molecule has 2 aromatic carbocycles. The van der Waals surface area contributed by atoms with E-state index in [9.17, 15) is 0 Å². The number of fused-ring (bicyclic) bond motifs is 1. The SMILES string of the molecule is NC(CC1CCCc2ccccc21)c1cc(Cl)ccc1Br. The second-order valence-corrected chi connectivity index (χ2v) is 7.09. The van der Waals surface area contributed by atoms with Crippen molar-refractivity contribution >= 4 is 27.5 Å². The van der Waals surface area contributed by atoms with Crippen molar-refractivity contribution in [2.75, 3.05) is 0 Å².